The topological polar surface area (TPSA) is 121 Å². The van der Waals surface area contributed by atoms with Crippen molar-refractivity contribution in [2.24, 2.45) is 0 Å². The average Bonchev–Trinajstić information content (AvgIpc) is 3.03. The van der Waals surface area contributed by atoms with E-state index in [4.69, 9.17) is 24.2 Å². The van der Waals surface area contributed by atoms with Gasteiger partial charge in [-0.15, -0.1) is 0 Å². The number of carbonyl (C=O) groups is 1. The second kappa shape index (κ2) is 13.2. The minimum atomic E-state index is -0.604. The standard InChI is InChI=1S/C33H45N9O4/c1-22-17-25(19-34-29(22)39(6)9-10-40-11-14-44-15-12-40)37-31-36-18-24-7-8-41(21-26(24)38-31)27-20-35-30-28(23(27)2)42(13-16-45-30)32(43)46-33(3,4)5/h17-20H,7-16,21H2,1-6H3,(H,36,37,38). The maximum Gasteiger partial charge on any atom is 0.415 e. The number of nitrogens with zero attached hydrogens (tertiary/aromatic N) is 8. The quantitative estimate of drug-likeness (QED) is 0.404. The molecule has 0 atom stereocenters. The third-order valence-corrected chi connectivity index (χ3v) is 8.49. The van der Waals surface area contributed by atoms with Crippen molar-refractivity contribution in [3.63, 3.8) is 0 Å². The SMILES string of the molecule is Cc1cc(Nc2ncc3c(n2)CN(c2cnc4c(c2C)N(C(=O)OC(C)(C)C)CCO4)CC3)cnc1N(C)CCN1CCOCC1. The van der Waals surface area contributed by atoms with Crippen LogP contribution in [0.4, 0.5) is 33.6 Å². The molecule has 1 fully saturated rings. The van der Waals surface area contributed by atoms with E-state index >= 15 is 0 Å². The molecule has 0 radical (unpaired) electrons. The number of pyridine rings is 2. The molecule has 1 saturated heterocycles. The average molecular weight is 632 g/mol. The van der Waals surface area contributed by atoms with E-state index in [1.807, 2.05) is 46.3 Å². The molecule has 0 bridgehead atoms. The van der Waals surface area contributed by atoms with E-state index in [0.29, 0.717) is 37.2 Å². The van der Waals surface area contributed by atoms with Crippen LogP contribution >= 0.6 is 0 Å². The van der Waals surface area contributed by atoms with Gasteiger partial charge in [0.05, 0.1) is 55.8 Å². The van der Waals surface area contributed by atoms with Crippen LogP contribution in [0, 0.1) is 13.8 Å². The van der Waals surface area contributed by atoms with Crippen molar-refractivity contribution in [3.8, 4) is 5.88 Å². The molecule has 1 amide bonds. The first-order chi connectivity index (χ1) is 22.1. The molecule has 0 aliphatic carbocycles. The monoisotopic (exact) mass is 631 g/mol. The first-order valence-corrected chi connectivity index (χ1v) is 16.0. The summed E-state index contributed by atoms with van der Waals surface area (Å²) in [6.45, 7) is 17.3. The lowest BCUT2D eigenvalue weighted by Crippen LogP contribution is -2.42. The van der Waals surface area contributed by atoms with Gasteiger partial charge in [-0.3, -0.25) is 9.80 Å². The summed E-state index contributed by atoms with van der Waals surface area (Å²) in [7, 11) is 2.09. The van der Waals surface area contributed by atoms with Crippen molar-refractivity contribution in [2.45, 2.75) is 53.2 Å². The number of hydrogen-bond acceptors (Lipinski definition) is 12. The number of ether oxygens (including phenoxy) is 3. The lowest BCUT2D eigenvalue weighted by molar-refractivity contribution is 0.0392. The number of nitrogens with one attached hydrogen (secondary N) is 1. The van der Waals surface area contributed by atoms with Crippen LogP contribution in [0.2, 0.25) is 0 Å². The molecule has 0 spiro atoms. The maximum atomic E-state index is 13.1. The van der Waals surface area contributed by atoms with Crippen LogP contribution in [0.3, 0.4) is 0 Å². The Morgan fingerprint density at radius 2 is 1.85 bits per heavy atom. The number of likely N-dealkylation sites (N-methyl/N-ethyl adjacent to an activating group) is 1. The summed E-state index contributed by atoms with van der Waals surface area (Å²) in [4.78, 5) is 40.5. The summed E-state index contributed by atoms with van der Waals surface area (Å²) >= 11 is 0. The molecule has 1 N–H and O–H groups in total. The number of aromatic nitrogens is 4. The predicted octanol–water partition coefficient (Wildman–Crippen LogP) is 4.09. The second-order valence-corrected chi connectivity index (χ2v) is 13.1. The number of hydrogen-bond donors (Lipinski definition) is 1. The molecule has 3 aliphatic heterocycles. The lowest BCUT2D eigenvalue weighted by Gasteiger charge is -2.35. The van der Waals surface area contributed by atoms with Gasteiger partial charge in [0.2, 0.25) is 11.8 Å². The Bertz CT molecular complexity index is 1570. The molecule has 3 aromatic heterocycles. The molecular formula is C33H45N9O4. The third kappa shape index (κ3) is 7.10. The van der Waals surface area contributed by atoms with Crippen LogP contribution in [-0.4, -0.2) is 103 Å². The van der Waals surface area contributed by atoms with Crippen molar-refractivity contribution in [2.75, 3.05) is 86.2 Å². The van der Waals surface area contributed by atoms with E-state index in [0.717, 1.165) is 91.9 Å². The summed E-state index contributed by atoms with van der Waals surface area (Å²) in [5.74, 6) is 1.94. The first kappa shape index (κ1) is 31.7. The van der Waals surface area contributed by atoms with Crippen LogP contribution in [0.5, 0.6) is 5.88 Å². The molecule has 46 heavy (non-hydrogen) atoms. The number of anilines is 5. The molecule has 6 heterocycles. The van der Waals surface area contributed by atoms with E-state index < -0.39 is 11.7 Å². The number of fused-ring (bicyclic) bond motifs is 2. The highest BCUT2D eigenvalue weighted by molar-refractivity contribution is 5.92. The highest BCUT2D eigenvalue weighted by atomic mass is 16.6. The van der Waals surface area contributed by atoms with E-state index in [1.54, 1.807) is 4.90 Å². The molecule has 13 heteroatoms. The zero-order valence-corrected chi connectivity index (χ0v) is 27.8. The van der Waals surface area contributed by atoms with Gasteiger partial charge in [0.25, 0.3) is 0 Å². The molecule has 13 nitrogen and oxygen atoms in total. The van der Waals surface area contributed by atoms with Crippen LogP contribution in [0.25, 0.3) is 0 Å². The van der Waals surface area contributed by atoms with E-state index in [-0.39, 0.29) is 0 Å². The highest BCUT2D eigenvalue weighted by Crippen LogP contribution is 2.39. The largest absolute Gasteiger partial charge is 0.474 e. The van der Waals surface area contributed by atoms with Gasteiger partial charge < -0.3 is 29.3 Å². The molecular weight excluding hydrogens is 586 g/mol. The molecule has 0 unspecified atom stereocenters. The minimum Gasteiger partial charge on any atom is -0.474 e. The van der Waals surface area contributed by atoms with Gasteiger partial charge in [-0.05, 0) is 58.2 Å². The zero-order valence-electron chi connectivity index (χ0n) is 27.8. The molecule has 246 valence electrons. The lowest BCUT2D eigenvalue weighted by atomic mass is 10.0. The predicted molar refractivity (Wildman–Crippen MR) is 178 cm³/mol. The van der Waals surface area contributed by atoms with Gasteiger partial charge in [-0.25, -0.2) is 24.7 Å². The van der Waals surface area contributed by atoms with Crippen LogP contribution < -0.4 is 24.8 Å². The van der Waals surface area contributed by atoms with Crippen LogP contribution in [-0.2, 0) is 22.4 Å². The first-order valence-electron chi connectivity index (χ1n) is 16.0. The molecule has 3 aromatic rings. The van der Waals surface area contributed by atoms with Crippen molar-refractivity contribution in [1.82, 2.24) is 24.8 Å². The fraction of sp³-hybridized carbons (Fsp3) is 0.545. The van der Waals surface area contributed by atoms with E-state index in [1.165, 1.54) is 0 Å². The van der Waals surface area contributed by atoms with Crippen LogP contribution in [0.15, 0.2) is 24.7 Å². The molecule has 0 saturated carbocycles. The Morgan fingerprint density at radius 3 is 2.61 bits per heavy atom. The smallest absolute Gasteiger partial charge is 0.415 e. The summed E-state index contributed by atoms with van der Waals surface area (Å²) in [6.07, 6.45) is 5.97. The van der Waals surface area contributed by atoms with Gasteiger partial charge >= 0.3 is 6.09 Å². The fourth-order valence-corrected chi connectivity index (χ4v) is 6.10. The van der Waals surface area contributed by atoms with E-state index in [9.17, 15) is 4.79 Å². The maximum absolute atomic E-state index is 13.1. The van der Waals surface area contributed by atoms with E-state index in [2.05, 4.69) is 50.0 Å². The summed E-state index contributed by atoms with van der Waals surface area (Å²) in [6, 6.07) is 2.09. The van der Waals surface area contributed by atoms with Gasteiger partial charge in [-0.1, -0.05) is 0 Å². The number of carbonyl (C=O) groups excluding carboxylic acids is 1. The fourth-order valence-electron chi connectivity index (χ4n) is 6.10. The third-order valence-electron chi connectivity index (χ3n) is 8.49. The van der Waals surface area contributed by atoms with Gasteiger partial charge in [0.1, 0.15) is 23.7 Å². The van der Waals surface area contributed by atoms with Crippen molar-refractivity contribution in [3.05, 3.63) is 47.0 Å². The Kier molecular flexibility index (Phi) is 9.14. The molecule has 0 aromatic carbocycles. The van der Waals surface area contributed by atoms with Crippen LogP contribution in [0.1, 0.15) is 43.2 Å². The van der Waals surface area contributed by atoms with Gasteiger partial charge in [0, 0.05) is 51.5 Å². The van der Waals surface area contributed by atoms with Gasteiger partial charge in [0.15, 0.2) is 0 Å². The number of morpholine rings is 1. The zero-order chi connectivity index (χ0) is 32.4. The highest BCUT2D eigenvalue weighted by Gasteiger charge is 2.33. The van der Waals surface area contributed by atoms with Gasteiger partial charge in [-0.2, -0.15) is 0 Å². The van der Waals surface area contributed by atoms with Crippen molar-refractivity contribution < 1.29 is 19.0 Å². The minimum absolute atomic E-state index is 0.366. The Morgan fingerprint density at radius 1 is 1.04 bits per heavy atom. The number of rotatable bonds is 7. The Labute approximate surface area is 270 Å². The van der Waals surface area contributed by atoms with Crippen molar-refractivity contribution >= 4 is 34.9 Å². The number of aryl methyl sites for hydroxylation is 1. The van der Waals surface area contributed by atoms with Crippen molar-refractivity contribution in [1.29, 1.82) is 0 Å². The Hall–Kier alpha value is -4.23. The molecule has 6 rings (SSSR count). The molecule has 3 aliphatic rings. The normalized spacial score (nSPS) is 16.7. The number of amides is 1. The summed E-state index contributed by atoms with van der Waals surface area (Å²) in [5, 5.41) is 3.36. The second-order valence-electron chi connectivity index (χ2n) is 13.1. The summed E-state index contributed by atoms with van der Waals surface area (Å²) in [5.41, 5.74) is 5.90. The summed E-state index contributed by atoms with van der Waals surface area (Å²) < 4.78 is 17.0. The Balaban J connectivity index is 1.14.